The van der Waals surface area contributed by atoms with Crippen molar-refractivity contribution in [3.05, 3.63) is 29.8 Å². The van der Waals surface area contributed by atoms with Crippen LogP contribution in [0.1, 0.15) is 44.2 Å². The first-order chi connectivity index (χ1) is 8.66. The van der Waals surface area contributed by atoms with Gasteiger partial charge in [-0.3, -0.25) is 0 Å². The van der Waals surface area contributed by atoms with E-state index in [-0.39, 0.29) is 12.1 Å². The van der Waals surface area contributed by atoms with Crippen LogP contribution < -0.4 is 5.32 Å². The summed E-state index contributed by atoms with van der Waals surface area (Å²) >= 11 is 0. The van der Waals surface area contributed by atoms with Crippen molar-refractivity contribution in [2.45, 2.75) is 44.8 Å². The normalized spacial score (nSPS) is 25.9. The number of hydrogen-bond donors (Lipinski definition) is 3. The highest BCUT2D eigenvalue weighted by atomic mass is 16.3. The van der Waals surface area contributed by atoms with Crippen LogP contribution in [0.15, 0.2) is 24.3 Å². The molecular weight excluding hydrogens is 226 g/mol. The standard InChI is InChI=1S/C15H23NO2/c1-11(14-7-2-3-8-15(14)18)16-10-12-5-4-6-13(17)9-12/h2-3,7-8,11-13,16-18H,4-6,9-10H2,1H3. The van der Waals surface area contributed by atoms with Gasteiger partial charge in [-0.2, -0.15) is 0 Å². The van der Waals surface area contributed by atoms with Crippen molar-refractivity contribution in [3.8, 4) is 5.75 Å². The van der Waals surface area contributed by atoms with Crippen molar-refractivity contribution in [1.82, 2.24) is 5.32 Å². The largest absolute Gasteiger partial charge is 0.508 e. The van der Waals surface area contributed by atoms with E-state index < -0.39 is 0 Å². The molecule has 2 rings (SSSR count). The second kappa shape index (κ2) is 6.21. The van der Waals surface area contributed by atoms with Gasteiger partial charge in [0.15, 0.2) is 0 Å². The maximum absolute atomic E-state index is 9.78. The van der Waals surface area contributed by atoms with Gasteiger partial charge < -0.3 is 15.5 Å². The van der Waals surface area contributed by atoms with Crippen LogP contribution in [0.4, 0.5) is 0 Å². The second-order valence-electron chi connectivity index (χ2n) is 5.38. The van der Waals surface area contributed by atoms with Crippen LogP contribution in [0.5, 0.6) is 5.75 Å². The number of phenols is 1. The van der Waals surface area contributed by atoms with E-state index in [0.29, 0.717) is 11.7 Å². The van der Waals surface area contributed by atoms with Crippen LogP contribution in [0.3, 0.4) is 0 Å². The smallest absolute Gasteiger partial charge is 0.120 e. The quantitative estimate of drug-likeness (QED) is 0.769. The Kier molecular flexibility index (Phi) is 4.61. The number of aromatic hydroxyl groups is 1. The highest BCUT2D eigenvalue weighted by Crippen LogP contribution is 2.26. The van der Waals surface area contributed by atoms with Gasteiger partial charge in [0, 0.05) is 11.6 Å². The van der Waals surface area contributed by atoms with Gasteiger partial charge in [-0.05, 0) is 44.7 Å². The highest BCUT2D eigenvalue weighted by molar-refractivity contribution is 5.34. The van der Waals surface area contributed by atoms with Crippen LogP contribution in [0.2, 0.25) is 0 Å². The van der Waals surface area contributed by atoms with Gasteiger partial charge in [0.2, 0.25) is 0 Å². The van der Waals surface area contributed by atoms with E-state index in [4.69, 9.17) is 0 Å². The zero-order valence-corrected chi connectivity index (χ0v) is 11.0. The van der Waals surface area contributed by atoms with Crippen molar-refractivity contribution >= 4 is 0 Å². The van der Waals surface area contributed by atoms with E-state index >= 15 is 0 Å². The lowest BCUT2D eigenvalue weighted by Gasteiger charge is -2.27. The topological polar surface area (TPSA) is 52.5 Å². The molecule has 0 heterocycles. The minimum absolute atomic E-state index is 0.119. The first kappa shape index (κ1) is 13.4. The van der Waals surface area contributed by atoms with E-state index in [9.17, 15) is 10.2 Å². The Morgan fingerprint density at radius 1 is 1.33 bits per heavy atom. The molecule has 18 heavy (non-hydrogen) atoms. The molecule has 3 unspecified atom stereocenters. The van der Waals surface area contributed by atoms with Crippen LogP contribution in [0.25, 0.3) is 0 Å². The molecule has 100 valence electrons. The number of para-hydroxylation sites is 1. The summed E-state index contributed by atoms with van der Waals surface area (Å²) in [6.07, 6.45) is 4.05. The maximum atomic E-state index is 9.78. The fourth-order valence-electron chi connectivity index (χ4n) is 2.76. The van der Waals surface area contributed by atoms with E-state index in [1.54, 1.807) is 6.07 Å². The lowest BCUT2D eigenvalue weighted by atomic mass is 9.87. The Morgan fingerprint density at radius 2 is 2.11 bits per heavy atom. The summed E-state index contributed by atoms with van der Waals surface area (Å²) in [6.45, 7) is 2.97. The maximum Gasteiger partial charge on any atom is 0.120 e. The lowest BCUT2D eigenvalue weighted by Crippen LogP contribution is -2.30. The van der Waals surface area contributed by atoms with Crippen molar-refractivity contribution in [2.24, 2.45) is 5.92 Å². The van der Waals surface area contributed by atoms with Crippen LogP contribution in [0, 0.1) is 5.92 Å². The van der Waals surface area contributed by atoms with E-state index in [1.807, 2.05) is 18.2 Å². The minimum atomic E-state index is -0.119. The fraction of sp³-hybridized carbons (Fsp3) is 0.600. The molecule has 3 atom stereocenters. The van der Waals surface area contributed by atoms with Gasteiger partial charge in [0.25, 0.3) is 0 Å². The Labute approximate surface area is 109 Å². The Morgan fingerprint density at radius 3 is 2.83 bits per heavy atom. The minimum Gasteiger partial charge on any atom is -0.508 e. The SMILES string of the molecule is CC(NCC1CCCC(O)C1)c1ccccc1O. The number of rotatable bonds is 4. The molecule has 1 aliphatic rings. The molecule has 0 bridgehead atoms. The van der Waals surface area contributed by atoms with Crippen molar-refractivity contribution in [2.75, 3.05) is 6.54 Å². The number of nitrogens with one attached hydrogen (secondary N) is 1. The molecule has 1 saturated carbocycles. The first-order valence-electron chi connectivity index (χ1n) is 6.86. The third-order valence-electron chi connectivity index (χ3n) is 3.87. The number of aliphatic hydroxyl groups is 1. The van der Waals surface area contributed by atoms with Crippen molar-refractivity contribution < 1.29 is 10.2 Å². The van der Waals surface area contributed by atoms with E-state index in [1.165, 1.54) is 6.42 Å². The summed E-state index contributed by atoms with van der Waals surface area (Å²) in [5.41, 5.74) is 0.939. The van der Waals surface area contributed by atoms with E-state index in [0.717, 1.165) is 31.4 Å². The molecule has 1 aromatic carbocycles. The monoisotopic (exact) mass is 249 g/mol. The van der Waals surface area contributed by atoms with Gasteiger partial charge in [0.05, 0.1) is 6.10 Å². The fourth-order valence-corrected chi connectivity index (χ4v) is 2.76. The molecule has 3 heteroatoms. The third kappa shape index (κ3) is 3.47. The summed E-state index contributed by atoms with van der Waals surface area (Å²) in [5, 5.41) is 22.9. The van der Waals surface area contributed by atoms with Crippen LogP contribution in [-0.2, 0) is 0 Å². The van der Waals surface area contributed by atoms with Crippen molar-refractivity contribution in [3.63, 3.8) is 0 Å². The van der Waals surface area contributed by atoms with E-state index in [2.05, 4.69) is 12.2 Å². The zero-order chi connectivity index (χ0) is 13.0. The average Bonchev–Trinajstić information content (AvgIpc) is 2.37. The van der Waals surface area contributed by atoms with Gasteiger partial charge in [-0.25, -0.2) is 0 Å². The molecular formula is C15H23NO2. The number of hydrogen-bond acceptors (Lipinski definition) is 3. The molecule has 3 N–H and O–H groups in total. The molecule has 1 aromatic rings. The predicted molar refractivity (Wildman–Crippen MR) is 72.5 cm³/mol. The number of benzene rings is 1. The lowest BCUT2D eigenvalue weighted by molar-refractivity contribution is 0.0997. The first-order valence-corrected chi connectivity index (χ1v) is 6.86. The zero-order valence-electron chi connectivity index (χ0n) is 11.0. The summed E-state index contributed by atoms with van der Waals surface area (Å²) < 4.78 is 0. The summed E-state index contributed by atoms with van der Waals surface area (Å²) in [4.78, 5) is 0. The highest BCUT2D eigenvalue weighted by Gasteiger charge is 2.20. The molecule has 0 aromatic heterocycles. The summed E-state index contributed by atoms with van der Waals surface area (Å²) in [5.74, 6) is 0.906. The Balaban J connectivity index is 1.84. The molecule has 1 aliphatic carbocycles. The second-order valence-corrected chi connectivity index (χ2v) is 5.38. The molecule has 0 amide bonds. The van der Waals surface area contributed by atoms with Crippen LogP contribution >= 0.6 is 0 Å². The summed E-state index contributed by atoms with van der Waals surface area (Å²) in [6, 6.07) is 7.59. The number of phenolic OH excluding ortho intramolecular Hbond substituents is 1. The average molecular weight is 249 g/mol. The summed E-state index contributed by atoms with van der Waals surface area (Å²) in [7, 11) is 0. The van der Waals surface area contributed by atoms with Gasteiger partial charge in [0.1, 0.15) is 5.75 Å². The Bertz CT molecular complexity index is 381. The van der Waals surface area contributed by atoms with Gasteiger partial charge in [-0.1, -0.05) is 24.6 Å². The predicted octanol–water partition coefficient (Wildman–Crippen LogP) is 2.59. The van der Waals surface area contributed by atoms with Gasteiger partial charge in [-0.15, -0.1) is 0 Å². The van der Waals surface area contributed by atoms with Crippen molar-refractivity contribution in [1.29, 1.82) is 0 Å². The number of aliphatic hydroxyl groups excluding tert-OH is 1. The molecule has 1 fully saturated rings. The van der Waals surface area contributed by atoms with Gasteiger partial charge >= 0.3 is 0 Å². The third-order valence-corrected chi connectivity index (χ3v) is 3.87. The van der Waals surface area contributed by atoms with Crippen LogP contribution in [-0.4, -0.2) is 22.9 Å². The molecule has 3 nitrogen and oxygen atoms in total. The Hall–Kier alpha value is -1.06. The molecule has 0 radical (unpaired) electrons. The molecule has 0 aliphatic heterocycles. The molecule has 0 spiro atoms. The molecule has 0 saturated heterocycles.